The van der Waals surface area contributed by atoms with Gasteiger partial charge in [-0.15, -0.1) is 24.0 Å². The highest BCUT2D eigenvalue weighted by Gasteiger charge is 2.08. The second kappa shape index (κ2) is 10.1. The number of aliphatic imine (C=N–C) groups is 1. The molecule has 0 radical (unpaired) electrons. The van der Waals surface area contributed by atoms with Crippen LogP contribution in [0.4, 0.5) is 0 Å². The van der Waals surface area contributed by atoms with E-state index in [-0.39, 0.29) is 24.0 Å². The Morgan fingerprint density at radius 3 is 2.39 bits per heavy atom. The summed E-state index contributed by atoms with van der Waals surface area (Å²) in [5.74, 6) is 1.74. The zero-order chi connectivity index (χ0) is 15.8. The third-order valence-corrected chi connectivity index (χ3v) is 3.47. The molecular formula is C18H24IN3O. The molecule has 2 rings (SSSR count). The van der Waals surface area contributed by atoms with E-state index in [9.17, 15) is 0 Å². The fourth-order valence-corrected chi connectivity index (χ4v) is 2.34. The highest BCUT2D eigenvalue weighted by atomic mass is 127. The Kier molecular flexibility index (Phi) is 8.47. The third-order valence-electron chi connectivity index (χ3n) is 3.47. The summed E-state index contributed by atoms with van der Waals surface area (Å²) in [6, 6.07) is 18.4. The number of guanidine groups is 1. The predicted octanol–water partition coefficient (Wildman–Crippen LogP) is 3.52. The van der Waals surface area contributed by atoms with Crippen LogP contribution in [-0.2, 0) is 13.1 Å². The first kappa shape index (κ1) is 19.3. The molecule has 0 aromatic heterocycles. The van der Waals surface area contributed by atoms with Gasteiger partial charge in [0.05, 0.1) is 7.11 Å². The van der Waals surface area contributed by atoms with E-state index in [2.05, 4.69) is 33.4 Å². The van der Waals surface area contributed by atoms with E-state index in [0.29, 0.717) is 6.54 Å². The summed E-state index contributed by atoms with van der Waals surface area (Å²) in [6.45, 7) is 1.49. The number of nitrogens with one attached hydrogen (secondary N) is 1. The van der Waals surface area contributed by atoms with Crippen molar-refractivity contribution < 1.29 is 4.74 Å². The molecule has 0 amide bonds. The lowest BCUT2D eigenvalue weighted by Gasteiger charge is -2.22. The number of halogens is 1. The molecule has 0 atom stereocenters. The van der Waals surface area contributed by atoms with Crippen LogP contribution in [0.5, 0.6) is 5.75 Å². The maximum absolute atomic E-state index is 5.37. The van der Waals surface area contributed by atoms with Crippen LogP contribution in [0.3, 0.4) is 0 Å². The van der Waals surface area contributed by atoms with Crippen LogP contribution in [-0.4, -0.2) is 32.1 Å². The molecule has 0 fully saturated rings. The first-order valence-corrected chi connectivity index (χ1v) is 7.32. The van der Waals surface area contributed by atoms with Gasteiger partial charge >= 0.3 is 0 Å². The minimum Gasteiger partial charge on any atom is -0.496 e. The lowest BCUT2D eigenvalue weighted by Crippen LogP contribution is -2.38. The van der Waals surface area contributed by atoms with Gasteiger partial charge in [-0.3, -0.25) is 4.99 Å². The van der Waals surface area contributed by atoms with Gasteiger partial charge in [-0.25, -0.2) is 0 Å². The summed E-state index contributed by atoms with van der Waals surface area (Å²) in [7, 11) is 5.52. The Morgan fingerprint density at radius 2 is 1.74 bits per heavy atom. The number of methoxy groups -OCH3 is 1. The molecular weight excluding hydrogens is 401 g/mol. The van der Waals surface area contributed by atoms with E-state index in [1.807, 2.05) is 43.4 Å². The van der Waals surface area contributed by atoms with Crippen molar-refractivity contribution in [1.82, 2.24) is 10.2 Å². The van der Waals surface area contributed by atoms with E-state index in [1.54, 1.807) is 14.2 Å². The first-order chi connectivity index (χ1) is 10.7. The molecule has 0 saturated carbocycles. The third kappa shape index (κ3) is 5.74. The van der Waals surface area contributed by atoms with Crippen LogP contribution in [0.25, 0.3) is 0 Å². The fraction of sp³-hybridized carbons (Fsp3) is 0.278. The van der Waals surface area contributed by atoms with Crippen molar-refractivity contribution in [2.45, 2.75) is 13.1 Å². The predicted molar refractivity (Wildman–Crippen MR) is 107 cm³/mol. The molecule has 0 bridgehead atoms. The number of hydrogen-bond donors (Lipinski definition) is 1. The highest BCUT2D eigenvalue weighted by Crippen LogP contribution is 2.16. The van der Waals surface area contributed by atoms with Gasteiger partial charge in [-0.2, -0.15) is 0 Å². The molecule has 124 valence electrons. The standard InChI is InChI=1S/C18H23N3O.HI/c1-19-18(21(2)14-15-9-5-4-6-10-15)20-13-16-11-7-8-12-17(16)22-3;/h4-12H,13-14H2,1-3H3,(H,19,20);1H. The van der Waals surface area contributed by atoms with Gasteiger partial charge in [0.2, 0.25) is 0 Å². The van der Waals surface area contributed by atoms with Crippen molar-refractivity contribution in [2.24, 2.45) is 4.99 Å². The summed E-state index contributed by atoms with van der Waals surface area (Å²) >= 11 is 0. The molecule has 2 aromatic carbocycles. The molecule has 0 aliphatic carbocycles. The number of rotatable bonds is 5. The smallest absolute Gasteiger partial charge is 0.193 e. The number of hydrogen-bond acceptors (Lipinski definition) is 2. The summed E-state index contributed by atoms with van der Waals surface area (Å²) in [5.41, 5.74) is 2.37. The molecule has 4 nitrogen and oxygen atoms in total. The highest BCUT2D eigenvalue weighted by molar-refractivity contribution is 14.0. The van der Waals surface area contributed by atoms with Crippen molar-refractivity contribution >= 4 is 29.9 Å². The first-order valence-electron chi connectivity index (χ1n) is 7.32. The Labute approximate surface area is 155 Å². The lowest BCUT2D eigenvalue weighted by molar-refractivity contribution is 0.408. The molecule has 0 aliphatic rings. The number of para-hydroxylation sites is 1. The molecule has 0 spiro atoms. The molecule has 0 aliphatic heterocycles. The zero-order valence-corrected chi connectivity index (χ0v) is 16.2. The second-order valence-electron chi connectivity index (χ2n) is 5.05. The van der Waals surface area contributed by atoms with Crippen molar-refractivity contribution in [1.29, 1.82) is 0 Å². The van der Waals surface area contributed by atoms with E-state index in [4.69, 9.17) is 4.74 Å². The van der Waals surface area contributed by atoms with Crippen LogP contribution in [0.2, 0.25) is 0 Å². The van der Waals surface area contributed by atoms with Gasteiger partial charge in [0.1, 0.15) is 5.75 Å². The Balaban J connectivity index is 0.00000264. The fourth-order valence-electron chi connectivity index (χ4n) is 2.34. The van der Waals surface area contributed by atoms with Crippen LogP contribution in [0.1, 0.15) is 11.1 Å². The van der Waals surface area contributed by atoms with Crippen LogP contribution in [0, 0.1) is 0 Å². The van der Waals surface area contributed by atoms with E-state index in [1.165, 1.54) is 5.56 Å². The van der Waals surface area contributed by atoms with Gasteiger partial charge < -0.3 is 15.0 Å². The number of ether oxygens (including phenoxy) is 1. The van der Waals surface area contributed by atoms with E-state index in [0.717, 1.165) is 23.8 Å². The quantitative estimate of drug-likeness (QED) is 0.453. The van der Waals surface area contributed by atoms with Gasteiger partial charge in [-0.1, -0.05) is 48.5 Å². The summed E-state index contributed by atoms with van der Waals surface area (Å²) in [5, 5.41) is 3.38. The number of nitrogens with zero attached hydrogens (tertiary/aromatic N) is 2. The molecule has 0 unspecified atom stereocenters. The second-order valence-corrected chi connectivity index (χ2v) is 5.05. The van der Waals surface area contributed by atoms with Crippen LogP contribution in [0.15, 0.2) is 59.6 Å². The molecule has 2 aromatic rings. The van der Waals surface area contributed by atoms with Crippen molar-refractivity contribution in [3.8, 4) is 5.75 Å². The molecule has 23 heavy (non-hydrogen) atoms. The van der Waals surface area contributed by atoms with Gasteiger partial charge in [0.15, 0.2) is 5.96 Å². The Bertz CT molecular complexity index is 617. The van der Waals surface area contributed by atoms with Crippen LogP contribution >= 0.6 is 24.0 Å². The number of benzene rings is 2. The summed E-state index contributed by atoms with van der Waals surface area (Å²) in [4.78, 5) is 6.45. The lowest BCUT2D eigenvalue weighted by atomic mass is 10.2. The maximum Gasteiger partial charge on any atom is 0.193 e. The normalized spacial score (nSPS) is 10.7. The molecule has 5 heteroatoms. The average molecular weight is 425 g/mol. The van der Waals surface area contributed by atoms with Gasteiger partial charge in [0, 0.05) is 32.7 Å². The monoisotopic (exact) mass is 425 g/mol. The largest absolute Gasteiger partial charge is 0.496 e. The topological polar surface area (TPSA) is 36.9 Å². The maximum atomic E-state index is 5.37. The Morgan fingerprint density at radius 1 is 1.09 bits per heavy atom. The average Bonchev–Trinajstić information content (AvgIpc) is 2.56. The van der Waals surface area contributed by atoms with E-state index >= 15 is 0 Å². The van der Waals surface area contributed by atoms with Crippen LogP contribution < -0.4 is 10.1 Å². The van der Waals surface area contributed by atoms with Crippen molar-refractivity contribution in [2.75, 3.05) is 21.2 Å². The molecule has 0 saturated heterocycles. The van der Waals surface area contributed by atoms with Crippen molar-refractivity contribution in [3.63, 3.8) is 0 Å². The minimum atomic E-state index is 0. The zero-order valence-electron chi connectivity index (χ0n) is 13.8. The SMILES string of the molecule is CN=C(NCc1ccccc1OC)N(C)Cc1ccccc1.I. The summed E-state index contributed by atoms with van der Waals surface area (Å²) < 4.78 is 5.37. The molecule has 1 N–H and O–H groups in total. The van der Waals surface area contributed by atoms with Gasteiger partial charge in [0.25, 0.3) is 0 Å². The van der Waals surface area contributed by atoms with E-state index < -0.39 is 0 Å². The summed E-state index contributed by atoms with van der Waals surface area (Å²) in [6.07, 6.45) is 0. The van der Waals surface area contributed by atoms with Crippen molar-refractivity contribution in [3.05, 3.63) is 65.7 Å². The minimum absolute atomic E-state index is 0. The Hall–Kier alpha value is -1.76. The van der Waals surface area contributed by atoms with Gasteiger partial charge in [-0.05, 0) is 11.6 Å². The molecule has 0 heterocycles.